The van der Waals surface area contributed by atoms with Crippen LogP contribution in [0.3, 0.4) is 0 Å². The van der Waals surface area contributed by atoms with E-state index in [2.05, 4.69) is 10.1 Å². The number of hydrogen-bond donors (Lipinski definition) is 0. The Labute approximate surface area is 154 Å². The van der Waals surface area contributed by atoms with Crippen molar-refractivity contribution in [1.29, 1.82) is 5.26 Å². The number of hydrogen-bond acceptors (Lipinski definition) is 6. The summed E-state index contributed by atoms with van der Waals surface area (Å²) < 4.78 is 1.32. The van der Waals surface area contributed by atoms with Gasteiger partial charge in [0.05, 0.1) is 11.5 Å². The third-order valence-corrected chi connectivity index (χ3v) is 4.94. The lowest BCUT2D eigenvalue weighted by Crippen LogP contribution is -2.28. The number of benzene rings is 1. The molecule has 3 aromatic rings. The number of aryl methyl sites for hydroxylation is 1. The van der Waals surface area contributed by atoms with Crippen molar-refractivity contribution in [3.8, 4) is 6.07 Å². The van der Waals surface area contributed by atoms with Gasteiger partial charge < -0.3 is 0 Å². The third kappa shape index (κ3) is 3.28. The monoisotopic (exact) mass is 366 g/mol. The summed E-state index contributed by atoms with van der Waals surface area (Å²) in [7, 11) is 0. The highest BCUT2D eigenvalue weighted by Gasteiger charge is 2.28. The second kappa shape index (κ2) is 7.18. The van der Waals surface area contributed by atoms with Crippen molar-refractivity contribution in [2.75, 3.05) is 0 Å². The minimum absolute atomic E-state index is 0.139. The Morgan fingerprint density at radius 1 is 1.31 bits per heavy atom. The van der Waals surface area contributed by atoms with Gasteiger partial charge >= 0.3 is 0 Å². The Hall–Kier alpha value is -2.85. The fraction of sp³-hybridized carbons (Fsp3) is 0.316. The molecule has 0 aliphatic rings. The van der Waals surface area contributed by atoms with E-state index < -0.39 is 11.7 Å². The molecule has 1 unspecified atom stereocenters. The SMILES string of the molecule is Cc1csc(C(C#N)C(=O)c2nn(CC(C)C)c(=O)c3ccccc23)n1. The minimum Gasteiger partial charge on any atom is -0.290 e. The molecule has 0 radical (unpaired) electrons. The highest BCUT2D eigenvalue weighted by atomic mass is 32.1. The van der Waals surface area contributed by atoms with Crippen LogP contribution in [-0.4, -0.2) is 20.5 Å². The number of rotatable bonds is 5. The first-order valence-corrected chi connectivity index (χ1v) is 9.16. The lowest BCUT2D eigenvalue weighted by molar-refractivity contribution is 0.0973. The molecule has 1 aromatic carbocycles. The number of nitriles is 1. The summed E-state index contributed by atoms with van der Waals surface area (Å²) in [6.45, 7) is 6.16. The molecule has 0 aliphatic heterocycles. The summed E-state index contributed by atoms with van der Waals surface area (Å²) in [5, 5.41) is 17.0. The largest absolute Gasteiger partial charge is 0.290 e. The summed E-state index contributed by atoms with van der Waals surface area (Å²) in [4.78, 5) is 30.1. The standard InChI is InChI=1S/C19H18N4O2S/c1-11(2)9-23-19(25)14-7-5-4-6-13(14)16(22-23)17(24)15(8-20)18-21-12(3)10-26-18/h4-7,10-11,15H,9H2,1-3H3. The van der Waals surface area contributed by atoms with E-state index in [4.69, 9.17) is 0 Å². The van der Waals surface area contributed by atoms with E-state index in [1.807, 2.05) is 26.8 Å². The van der Waals surface area contributed by atoms with Crippen LogP contribution < -0.4 is 5.56 Å². The summed E-state index contributed by atoms with van der Waals surface area (Å²) in [5.74, 6) is -1.28. The zero-order valence-corrected chi connectivity index (χ0v) is 15.6. The predicted octanol–water partition coefficient (Wildman–Crippen LogP) is 3.31. The van der Waals surface area contributed by atoms with Gasteiger partial charge in [-0.05, 0) is 18.9 Å². The smallest absolute Gasteiger partial charge is 0.274 e. The first-order chi connectivity index (χ1) is 12.4. The van der Waals surface area contributed by atoms with Gasteiger partial charge in [-0.1, -0.05) is 32.0 Å². The number of ketones is 1. The van der Waals surface area contributed by atoms with Gasteiger partial charge in [0.15, 0.2) is 5.92 Å². The first kappa shape index (κ1) is 18.0. The molecule has 26 heavy (non-hydrogen) atoms. The molecule has 0 bridgehead atoms. The lowest BCUT2D eigenvalue weighted by atomic mass is 10.00. The van der Waals surface area contributed by atoms with Crippen molar-refractivity contribution in [2.45, 2.75) is 33.2 Å². The highest BCUT2D eigenvalue weighted by molar-refractivity contribution is 7.10. The maximum absolute atomic E-state index is 13.1. The molecule has 0 amide bonds. The van der Waals surface area contributed by atoms with Crippen molar-refractivity contribution in [1.82, 2.24) is 14.8 Å². The van der Waals surface area contributed by atoms with Gasteiger partial charge in [-0.2, -0.15) is 10.4 Å². The molecule has 7 heteroatoms. The Bertz CT molecular complexity index is 1080. The molecule has 2 heterocycles. The van der Waals surface area contributed by atoms with Gasteiger partial charge in [-0.3, -0.25) is 9.59 Å². The van der Waals surface area contributed by atoms with Gasteiger partial charge in [0, 0.05) is 23.0 Å². The van der Waals surface area contributed by atoms with Crippen LogP contribution >= 0.6 is 11.3 Å². The number of fused-ring (bicyclic) bond motifs is 1. The van der Waals surface area contributed by atoms with Crippen LogP contribution in [0.1, 0.15) is 41.0 Å². The van der Waals surface area contributed by atoms with Gasteiger partial charge in [-0.15, -0.1) is 11.3 Å². The Balaban J connectivity index is 2.20. The van der Waals surface area contributed by atoms with E-state index >= 15 is 0 Å². The van der Waals surface area contributed by atoms with Crippen LogP contribution in [0.2, 0.25) is 0 Å². The van der Waals surface area contributed by atoms with Crippen LogP contribution in [-0.2, 0) is 6.54 Å². The summed E-state index contributed by atoms with van der Waals surface area (Å²) in [6, 6.07) is 8.92. The number of thiazole rings is 1. The summed E-state index contributed by atoms with van der Waals surface area (Å²) in [6.07, 6.45) is 0. The Morgan fingerprint density at radius 3 is 2.58 bits per heavy atom. The topological polar surface area (TPSA) is 88.6 Å². The quantitative estimate of drug-likeness (QED) is 0.646. The Kier molecular flexibility index (Phi) is 4.96. The molecule has 1 atom stereocenters. The molecule has 0 fully saturated rings. The van der Waals surface area contributed by atoms with Crippen LogP contribution in [0.4, 0.5) is 0 Å². The number of nitrogens with zero attached hydrogens (tertiary/aromatic N) is 4. The second-order valence-electron chi connectivity index (χ2n) is 6.53. The zero-order valence-electron chi connectivity index (χ0n) is 14.8. The third-order valence-electron chi connectivity index (χ3n) is 3.91. The van der Waals surface area contributed by atoms with Crippen molar-refractivity contribution in [3.05, 3.63) is 56.4 Å². The molecule has 0 saturated carbocycles. The average molecular weight is 366 g/mol. The van der Waals surface area contributed by atoms with E-state index in [9.17, 15) is 14.9 Å². The maximum Gasteiger partial charge on any atom is 0.274 e. The van der Waals surface area contributed by atoms with Crippen LogP contribution in [0.5, 0.6) is 0 Å². The van der Waals surface area contributed by atoms with Crippen molar-refractivity contribution >= 4 is 27.9 Å². The zero-order chi connectivity index (χ0) is 18.8. The van der Waals surface area contributed by atoms with E-state index in [0.29, 0.717) is 22.3 Å². The van der Waals surface area contributed by atoms with Crippen LogP contribution in [0, 0.1) is 24.2 Å². The number of carbonyl (C=O) groups is 1. The first-order valence-electron chi connectivity index (χ1n) is 8.28. The van der Waals surface area contributed by atoms with Crippen molar-refractivity contribution in [3.63, 3.8) is 0 Å². The lowest BCUT2D eigenvalue weighted by Gasteiger charge is -2.13. The summed E-state index contributed by atoms with van der Waals surface area (Å²) in [5.41, 5.74) is 0.672. The average Bonchev–Trinajstić information content (AvgIpc) is 3.03. The highest BCUT2D eigenvalue weighted by Crippen LogP contribution is 2.25. The molecule has 0 saturated heterocycles. The molecule has 132 valence electrons. The molecule has 0 spiro atoms. The van der Waals surface area contributed by atoms with Gasteiger partial charge in [0.1, 0.15) is 10.7 Å². The fourth-order valence-electron chi connectivity index (χ4n) is 2.75. The van der Waals surface area contributed by atoms with E-state index in [-0.39, 0.29) is 17.2 Å². The fourth-order valence-corrected chi connectivity index (χ4v) is 3.59. The molecular weight excluding hydrogens is 348 g/mol. The molecular formula is C19H18N4O2S. The van der Waals surface area contributed by atoms with E-state index in [0.717, 1.165) is 5.69 Å². The molecule has 6 nitrogen and oxygen atoms in total. The van der Waals surface area contributed by atoms with Gasteiger partial charge in [-0.25, -0.2) is 9.67 Å². The van der Waals surface area contributed by atoms with Gasteiger partial charge in [0.2, 0.25) is 5.78 Å². The minimum atomic E-state index is -1.03. The normalized spacial score (nSPS) is 12.3. The maximum atomic E-state index is 13.1. The van der Waals surface area contributed by atoms with E-state index in [1.165, 1.54) is 16.0 Å². The Morgan fingerprint density at radius 2 is 2.00 bits per heavy atom. The molecule has 2 aromatic heterocycles. The second-order valence-corrected chi connectivity index (χ2v) is 7.42. The predicted molar refractivity (Wildman–Crippen MR) is 100 cm³/mol. The number of Topliss-reactive ketones (excluding diaryl/α,β-unsaturated/α-hetero) is 1. The van der Waals surface area contributed by atoms with Crippen LogP contribution in [0.25, 0.3) is 10.8 Å². The molecule has 3 rings (SSSR count). The van der Waals surface area contributed by atoms with E-state index in [1.54, 1.807) is 29.6 Å². The van der Waals surface area contributed by atoms with Crippen molar-refractivity contribution < 1.29 is 4.79 Å². The molecule has 0 aliphatic carbocycles. The summed E-state index contributed by atoms with van der Waals surface area (Å²) >= 11 is 1.28. The van der Waals surface area contributed by atoms with Gasteiger partial charge in [0.25, 0.3) is 5.56 Å². The van der Waals surface area contributed by atoms with Crippen molar-refractivity contribution in [2.24, 2.45) is 5.92 Å². The van der Waals surface area contributed by atoms with Crippen LogP contribution in [0.15, 0.2) is 34.4 Å². The molecule has 0 N–H and O–H groups in total. The number of carbonyl (C=O) groups excluding carboxylic acids is 1. The number of aromatic nitrogens is 3.